The largest absolute Gasteiger partial charge is 0.490 e. The molecule has 1 aromatic rings. The Hall–Kier alpha value is -2.86. The molecule has 0 aliphatic carbocycles. The van der Waals surface area contributed by atoms with Crippen LogP contribution in [0.15, 0.2) is 37.8 Å². The predicted molar refractivity (Wildman–Crippen MR) is 114 cm³/mol. The highest BCUT2D eigenvalue weighted by atomic mass is 79.9. The minimum atomic E-state index is -0.640. The number of esters is 2. The smallest absolute Gasteiger partial charge is 0.343 e. The average Bonchev–Trinajstić information content (AvgIpc) is 3.07. The van der Waals surface area contributed by atoms with Crippen molar-refractivity contribution in [3.63, 3.8) is 0 Å². The Kier molecular flexibility index (Phi) is 8.87. The number of rotatable bonds is 8. The maximum atomic E-state index is 11.8. The molecule has 160 valence electrons. The molecular formula is C18H18BrN3O7S. The van der Waals surface area contributed by atoms with Gasteiger partial charge in [0.25, 0.3) is 5.91 Å². The molecule has 1 fully saturated rings. The standard InChI is InChI=1S/C18H18BrN3O7S/c1-4-28-12-5-10(11(19)6-13(12)29-9-16(24)27-3)8-20-22-18-21-17(25)14(30-18)7-15(23)26-2/h5-8H,4,9H2,1-3H3,(H,21,22,25)/b14-7+,20-8?. The van der Waals surface area contributed by atoms with Crippen molar-refractivity contribution in [3.8, 4) is 11.5 Å². The maximum absolute atomic E-state index is 11.8. The summed E-state index contributed by atoms with van der Waals surface area (Å²) in [6.45, 7) is 1.93. The van der Waals surface area contributed by atoms with E-state index in [0.717, 1.165) is 17.8 Å². The van der Waals surface area contributed by atoms with Crippen LogP contribution in [0.3, 0.4) is 0 Å². The summed E-state index contributed by atoms with van der Waals surface area (Å²) in [6, 6.07) is 3.29. The number of ether oxygens (including phenoxy) is 4. The number of methoxy groups -OCH3 is 2. The van der Waals surface area contributed by atoms with Crippen LogP contribution in [-0.4, -0.2) is 56.7 Å². The number of nitrogens with one attached hydrogen (secondary N) is 1. The fourth-order valence-corrected chi connectivity index (χ4v) is 3.17. The first kappa shape index (κ1) is 23.4. The van der Waals surface area contributed by atoms with Gasteiger partial charge in [0.1, 0.15) is 0 Å². The summed E-state index contributed by atoms with van der Waals surface area (Å²) >= 11 is 4.36. The van der Waals surface area contributed by atoms with E-state index in [1.54, 1.807) is 12.1 Å². The van der Waals surface area contributed by atoms with Gasteiger partial charge in [-0.3, -0.25) is 10.1 Å². The summed E-state index contributed by atoms with van der Waals surface area (Å²) < 4.78 is 20.6. The number of halogens is 1. The first-order chi connectivity index (χ1) is 14.4. The molecule has 12 heteroatoms. The van der Waals surface area contributed by atoms with Crippen LogP contribution in [0, 0.1) is 0 Å². The molecule has 0 radical (unpaired) electrons. The molecule has 30 heavy (non-hydrogen) atoms. The van der Waals surface area contributed by atoms with Crippen molar-refractivity contribution in [1.82, 2.24) is 5.32 Å². The van der Waals surface area contributed by atoms with Crippen molar-refractivity contribution in [2.75, 3.05) is 27.4 Å². The zero-order valence-electron chi connectivity index (χ0n) is 16.3. The quantitative estimate of drug-likeness (QED) is 0.249. The van der Waals surface area contributed by atoms with E-state index in [0.29, 0.717) is 28.1 Å². The summed E-state index contributed by atoms with van der Waals surface area (Å²) in [7, 11) is 2.49. The van der Waals surface area contributed by atoms with Gasteiger partial charge < -0.3 is 18.9 Å². The van der Waals surface area contributed by atoms with Crippen molar-refractivity contribution in [2.45, 2.75) is 6.92 Å². The van der Waals surface area contributed by atoms with Gasteiger partial charge in [-0.2, -0.15) is 5.10 Å². The van der Waals surface area contributed by atoms with Gasteiger partial charge in [-0.15, -0.1) is 5.10 Å². The first-order valence-corrected chi connectivity index (χ1v) is 10.0. The molecule has 0 bridgehead atoms. The minimum absolute atomic E-state index is 0.155. The molecule has 1 aliphatic heterocycles. The number of benzene rings is 1. The Morgan fingerprint density at radius 3 is 2.60 bits per heavy atom. The normalized spacial score (nSPS) is 16.1. The van der Waals surface area contributed by atoms with Crippen LogP contribution < -0.4 is 14.8 Å². The molecule has 1 aromatic carbocycles. The van der Waals surface area contributed by atoms with Crippen molar-refractivity contribution in [1.29, 1.82) is 0 Å². The summed E-state index contributed by atoms with van der Waals surface area (Å²) in [4.78, 5) is 34.5. The second kappa shape index (κ2) is 11.4. The van der Waals surface area contributed by atoms with Gasteiger partial charge in [0.15, 0.2) is 23.3 Å². The van der Waals surface area contributed by atoms with Crippen molar-refractivity contribution in [2.24, 2.45) is 10.2 Å². The molecule has 0 aromatic heterocycles. The molecule has 10 nitrogen and oxygen atoms in total. The van der Waals surface area contributed by atoms with Crippen LogP contribution in [0.5, 0.6) is 11.5 Å². The lowest BCUT2D eigenvalue weighted by Gasteiger charge is -2.13. The lowest BCUT2D eigenvalue weighted by Crippen LogP contribution is -2.19. The van der Waals surface area contributed by atoms with Crippen LogP contribution in [0.4, 0.5) is 0 Å². The van der Waals surface area contributed by atoms with E-state index in [1.807, 2.05) is 6.92 Å². The zero-order valence-corrected chi connectivity index (χ0v) is 18.7. The number of thioether (sulfide) groups is 1. The molecule has 0 saturated carbocycles. The van der Waals surface area contributed by atoms with E-state index in [-0.39, 0.29) is 16.7 Å². The third-order valence-corrected chi connectivity index (χ3v) is 4.97. The lowest BCUT2D eigenvalue weighted by molar-refractivity contribution is -0.143. The van der Waals surface area contributed by atoms with Crippen molar-refractivity contribution < 1.29 is 33.3 Å². The number of amidine groups is 1. The number of carbonyl (C=O) groups excluding carboxylic acids is 3. The van der Waals surface area contributed by atoms with Crippen LogP contribution in [-0.2, 0) is 23.9 Å². The molecule has 1 aliphatic rings. The van der Waals surface area contributed by atoms with E-state index in [1.165, 1.54) is 20.4 Å². The Labute approximate surface area is 184 Å². The van der Waals surface area contributed by atoms with Gasteiger partial charge in [-0.05, 0) is 46.7 Å². The van der Waals surface area contributed by atoms with E-state index in [9.17, 15) is 14.4 Å². The van der Waals surface area contributed by atoms with Gasteiger partial charge in [0, 0.05) is 16.1 Å². The third kappa shape index (κ3) is 6.59. The van der Waals surface area contributed by atoms with Gasteiger partial charge in [0.2, 0.25) is 0 Å². The molecule has 2 rings (SSSR count). The highest BCUT2D eigenvalue weighted by Crippen LogP contribution is 2.33. The highest BCUT2D eigenvalue weighted by Gasteiger charge is 2.25. The highest BCUT2D eigenvalue weighted by molar-refractivity contribution is 9.10. The molecule has 0 spiro atoms. The summed E-state index contributed by atoms with van der Waals surface area (Å²) in [5.74, 6) is -0.864. The van der Waals surface area contributed by atoms with E-state index >= 15 is 0 Å². The summed E-state index contributed by atoms with van der Waals surface area (Å²) in [5, 5.41) is 10.6. The Morgan fingerprint density at radius 2 is 1.93 bits per heavy atom. The fraction of sp³-hybridized carbons (Fsp3) is 0.278. The Morgan fingerprint density at radius 1 is 1.20 bits per heavy atom. The maximum Gasteiger partial charge on any atom is 0.343 e. The van der Waals surface area contributed by atoms with E-state index < -0.39 is 17.8 Å². The third-order valence-electron chi connectivity index (χ3n) is 3.38. The van der Waals surface area contributed by atoms with Crippen molar-refractivity contribution in [3.05, 3.63) is 33.2 Å². The zero-order chi connectivity index (χ0) is 22.1. The van der Waals surface area contributed by atoms with Crippen LogP contribution in [0.25, 0.3) is 0 Å². The topological polar surface area (TPSA) is 125 Å². The second-order valence-electron chi connectivity index (χ2n) is 5.36. The summed E-state index contributed by atoms with van der Waals surface area (Å²) in [5.41, 5.74) is 0.618. The first-order valence-electron chi connectivity index (χ1n) is 8.43. The van der Waals surface area contributed by atoms with Crippen LogP contribution in [0.1, 0.15) is 12.5 Å². The van der Waals surface area contributed by atoms with Gasteiger partial charge >= 0.3 is 11.9 Å². The molecule has 0 unspecified atom stereocenters. The predicted octanol–water partition coefficient (Wildman–Crippen LogP) is 2.01. The second-order valence-corrected chi connectivity index (χ2v) is 7.24. The van der Waals surface area contributed by atoms with E-state index in [2.05, 4.69) is 40.9 Å². The number of nitrogens with zero attached hydrogens (tertiary/aromatic N) is 2. The molecule has 0 atom stereocenters. The minimum Gasteiger partial charge on any atom is -0.490 e. The molecule has 1 N–H and O–H groups in total. The SMILES string of the molecule is CCOc1cc(C=N/N=C2/NC(=O)/C(=C\C(=O)OC)S2)c(Br)cc1OCC(=O)OC. The van der Waals surface area contributed by atoms with Gasteiger partial charge in [-0.25, -0.2) is 9.59 Å². The Balaban J connectivity index is 2.16. The van der Waals surface area contributed by atoms with Crippen molar-refractivity contribution >= 4 is 56.9 Å². The lowest BCUT2D eigenvalue weighted by atomic mass is 10.2. The molecular weight excluding hydrogens is 482 g/mol. The Bertz CT molecular complexity index is 931. The fourth-order valence-electron chi connectivity index (χ4n) is 2.01. The van der Waals surface area contributed by atoms with E-state index in [4.69, 9.17) is 9.47 Å². The number of hydrogen-bond donors (Lipinski definition) is 1. The molecule has 1 saturated heterocycles. The van der Waals surface area contributed by atoms with Crippen LogP contribution in [0.2, 0.25) is 0 Å². The number of hydrogen-bond acceptors (Lipinski definition) is 10. The summed E-state index contributed by atoms with van der Waals surface area (Å²) in [6.07, 6.45) is 2.52. The molecule has 1 amide bonds. The number of amides is 1. The molecule has 1 heterocycles. The van der Waals surface area contributed by atoms with Crippen LogP contribution >= 0.6 is 27.7 Å². The number of carbonyl (C=O) groups is 3. The average molecular weight is 500 g/mol. The monoisotopic (exact) mass is 499 g/mol. The van der Waals surface area contributed by atoms with Gasteiger partial charge in [-0.1, -0.05) is 0 Å². The van der Waals surface area contributed by atoms with Gasteiger partial charge in [0.05, 0.1) is 31.9 Å².